The van der Waals surface area contributed by atoms with Crippen LogP contribution in [-0.4, -0.2) is 28.4 Å². The first-order valence-corrected chi connectivity index (χ1v) is 5.73. The van der Waals surface area contributed by atoms with Gasteiger partial charge in [0.15, 0.2) is 0 Å². The topological polar surface area (TPSA) is 49.9 Å². The molecule has 4 unspecified atom stereocenters. The van der Waals surface area contributed by atoms with Crippen molar-refractivity contribution in [1.82, 2.24) is 15.5 Å². The largest absolute Gasteiger partial charge is 0.373 e. The van der Waals surface area contributed by atoms with Crippen molar-refractivity contribution in [3.05, 3.63) is 18.0 Å². The zero-order valence-corrected chi connectivity index (χ0v) is 8.94. The molecular weight excluding hydrogens is 190 g/mol. The van der Waals surface area contributed by atoms with E-state index in [0.717, 1.165) is 5.69 Å². The monoisotopic (exact) mass is 207 g/mol. The van der Waals surface area contributed by atoms with E-state index in [1.54, 1.807) is 6.20 Å². The summed E-state index contributed by atoms with van der Waals surface area (Å²) in [6, 6.07) is 2.88. The lowest BCUT2D eigenvalue weighted by atomic mass is 9.95. The molecule has 1 aromatic rings. The Morgan fingerprint density at radius 3 is 3.13 bits per heavy atom. The lowest BCUT2D eigenvalue weighted by Gasteiger charge is -2.23. The molecule has 4 nitrogen and oxygen atoms in total. The Hall–Kier alpha value is -0.870. The molecule has 1 aromatic heterocycles. The van der Waals surface area contributed by atoms with E-state index >= 15 is 0 Å². The van der Waals surface area contributed by atoms with Gasteiger partial charge in [-0.25, -0.2) is 0 Å². The molecule has 2 N–H and O–H groups in total. The molecule has 2 bridgehead atoms. The summed E-state index contributed by atoms with van der Waals surface area (Å²) in [5.74, 6) is 0. The lowest BCUT2D eigenvalue weighted by molar-refractivity contribution is 0.0962. The molecule has 0 amide bonds. The first kappa shape index (κ1) is 9.36. The van der Waals surface area contributed by atoms with E-state index in [2.05, 4.69) is 22.4 Å². The van der Waals surface area contributed by atoms with Gasteiger partial charge in [0.05, 0.1) is 17.9 Å². The summed E-state index contributed by atoms with van der Waals surface area (Å²) in [6.45, 7) is 2.17. The third-order valence-corrected chi connectivity index (χ3v) is 3.56. The van der Waals surface area contributed by atoms with Gasteiger partial charge in [-0.1, -0.05) is 0 Å². The second kappa shape index (κ2) is 3.61. The Morgan fingerprint density at radius 1 is 1.60 bits per heavy atom. The van der Waals surface area contributed by atoms with Crippen LogP contribution in [0.15, 0.2) is 12.3 Å². The molecular formula is C11H17N3O. The molecule has 3 rings (SSSR count). The summed E-state index contributed by atoms with van der Waals surface area (Å²) in [5.41, 5.74) is 1.15. The van der Waals surface area contributed by atoms with Crippen molar-refractivity contribution in [2.75, 3.05) is 0 Å². The molecule has 82 valence electrons. The van der Waals surface area contributed by atoms with Crippen molar-refractivity contribution in [2.24, 2.45) is 0 Å². The predicted molar refractivity (Wildman–Crippen MR) is 56.4 cm³/mol. The summed E-state index contributed by atoms with van der Waals surface area (Å²) in [6.07, 6.45) is 6.40. The molecule has 2 aliphatic heterocycles. The average molecular weight is 207 g/mol. The van der Waals surface area contributed by atoms with E-state index in [4.69, 9.17) is 4.74 Å². The molecule has 0 aliphatic carbocycles. The molecule has 4 atom stereocenters. The number of nitrogens with one attached hydrogen (secondary N) is 2. The highest BCUT2D eigenvalue weighted by Crippen LogP contribution is 2.35. The van der Waals surface area contributed by atoms with Crippen LogP contribution in [0, 0.1) is 0 Å². The summed E-state index contributed by atoms with van der Waals surface area (Å²) in [4.78, 5) is 0. The highest BCUT2D eigenvalue weighted by atomic mass is 16.5. The fraction of sp³-hybridized carbons (Fsp3) is 0.727. The van der Waals surface area contributed by atoms with Gasteiger partial charge in [0.2, 0.25) is 0 Å². The molecule has 0 radical (unpaired) electrons. The molecule has 2 fully saturated rings. The zero-order chi connectivity index (χ0) is 10.3. The summed E-state index contributed by atoms with van der Waals surface area (Å²) in [7, 11) is 0. The SMILES string of the molecule is CC(NC1CC2CCC1O2)c1ccn[nH]1. The van der Waals surface area contributed by atoms with Crippen molar-refractivity contribution >= 4 is 0 Å². The molecule has 0 saturated carbocycles. The second-order valence-electron chi connectivity index (χ2n) is 4.62. The summed E-state index contributed by atoms with van der Waals surface area (Å²) >= 11 is 0. The fourth-order valence-electron chi connectivity index (χ4n) is 2.73. The van der Waals surface area contributed by atoms with Crippen LogP contribution in [0.4, 0.5) is 0 Å². The number of H-pyrrole nitrogens is 1. The number of aromatic amines is 1. The van der Waals surface area contributed by atoms with Gasteiger partial charge < -0.3 is 10.1 Å². The fourth-order valence-corrected chi connectivity index (χ4v) is 2.73. The Kier molecular flexibility index (Phi) is 2.25. The van der Waals surface area contributed by atoms with E-state index < -0.39 is 0 Å². The van der Waals surface area contributed by atoms with Gasteiger partial charge in [0, 0.05) is 18.3 Å². The van der Waals surface area contributed by atoms with Gasteiger partial charge in [-0.3, -0.25) is 5.10 Å². The Morgan fingerprint density at radius 2 is 2.53 bits per heavy atom. The highest BCUT2D eigenvalue weighted by Gasteiger charge is 2.41. The zero-order valence-electron chi connectivity index (χ0n) is 8.94. The van der Waals surface area contributed by atoms with Gasteiger partial charge in [0.25, 0.3) is 0 Å². The van der Waals surface area contributed by atoms with Crippen LogP contribution in [0.1, 0.15) is 37.9 Å². The quantitative estimate of drug-likeness (QED) is 0.787. The van der Waals surface area contributed by atoms with Gasteiger partial charge in [-0.2, -0.15) is 5.10 Å². The highest BCUT2D eigenvalue weighted by molar-refractivity contribution is 5.05. The molecule has 0 aromatic carbocycles. The van der Waals surface area contributed by atoms with Crippen LogP contribution < -0.4 is 5.32 Å². The number of rotatable bonds is 3. The van der Waals surface area contributed by atoms with Crippen LogP contribution in [0.2, 0.25) is 0 Å². The second-order valence-corrected chi connectivity index (χ2v) is 4.62. The first-order valence-electron chi connectivity index (χ1n) is 5.73. The number of aromatic nitrogens is 2. The minimum atomic E-state index is 0.334. The van der Waals surface area contributed by atoms with Gasteiger partial charge in [-0.05, 0) is 32.3 Å². The molecule has 4 heteroatoms. The number of fused-ring (bicyclic) bond motifs is 2. The van der Waals surface area contributed by atoms with Crippen molar-refractivity contribution in [2.45, 2.75) is 50.5 Å². The lowest BCUT2D eigenvalue weighted by Crippen LogP contribution is -2.39. The van der Waals surface area contributed by atoms with E-state index in [0.29, 0.717) is 24.3 Å². The third kappa shape index (κ3) is 1.68. The van der Waals surface area contributed by atoms with E-state index in [1.807, 2.05) is 6.07 Å². The Balaban J connectivity index is 1.62. The standard InChI is InChI=1S/C11H17N3O/c1-7(9-4-5-12-14-9)13-10-6-8-2-3-11(10)15-8/h4-5,7-8,10-11,13H,2-3,6H2,1H3,(H,12,14). The first-order chi connectivity index (χ1) is 7.33. The van der Waals surface area contributed by atoms with Crippen LogP contribution in [0.3, 0.4) is 0 Å². The summed E-state index contributed by atoms with van der Waals surface area (Å²) < 4.78 is 5.81. The third-order valence-electron chi connectivity index (χ3n) is 3.56. The molecule has 0 spiro atoms. The van der Waals surface area contributed by atoms with Crippen LogP contribution >= 0.6 is 0 Å². The number of nitrogens with zero attached hydrogens (tertiary/aromatic N) is 1. The average Bonchev–Trinajstić information content (AvgIpc) is 2.95. The summed E-state index contributed by atoms with van der Waals surface area (Å²) in [5, 5.41) is 10.6. The minimum absolute atomic E-state index is 0.334. The van der Waals surface area contributed by atoms with Gasteiger partial charge in [-0.15, -0.1) is 0 Å². The molecule has 15 heavy (non-hydrogen) atoms. The van der Waals surface area contributed by atoms with E-state index in [1.165, 1.54) is 19.3 Å². The maximum atomic E-state index is 5.81. The van der Waals surface area contributed by atoms with Crippen LogP contribution in [-0.2, 0) is 4.74 Å². The van der Waals surface area contributed by atoms with Crippen molar-refractivity contribution in [3.8, 4) is 0 Å². The Labute approximate surface area is 89.4 Å². The van der Waals surface area contributed by atoms with Crippen molar-refractivity contribution < 1.29 is 4.74 Å². The van der Waals surface area contributed by atoms with Crippen LogP contribution in [0.25, 0.3) is 0 Å². The van der Waals surface area contributed by atoms with Gasteiger partial charge in [0.1, 0.15) is 0 Å². The van der Waals surface area contributed by atoms with Gasteiger partial charge >= 0.3 is 0 Å². The molecule has 2 saturated heterocycles. The van der Waals surface area contributed by atoms with E-state index in [-0.39, 0.29) is 0 Å². The number of hydrogen-bond donors (Lipinski definition) is 2. The maximum Gasteiger partial charge on any atom is 0.0733 e. The smallest absolute Gasteiger partial charge is 0.0733 e. The van der Waals surface area contributed by atoms with Crippen LogP contribution in [0.5, 0.6) is 0 Å². The number of hydrogen-bond acceptors (Lipinski definition) is 3. The predicted octanol–water partition coefficient (Wildman–Crippen LogP) is 1.38. The molecule has 3 heterocycles. The molecule has 2 aliphatic rings. The van der Waals surface area contributed by atoms with Crippen molar-refractivity contribution in [1.29, 1.82) is 0 Å². The number of ether oxygens (including phenoxy) is 1. The van der Waals surface area contributed by atoms with Crippen molar-refractivity contribution in [3.63, 3.8) is 0 Å². The van der Waals surface area contributed by atoms with E-state index in [9.17, 15) is 0 Å². The maximum absolute atomic E-state index is 5.81. The normalized spacial score (nSPS) is 35.9. The Bertz CT molecular complexity index is 325. The minimum Gasteiger partial charge on any atom is -0.373 e.